The summed E-state index contributed by atoms with van der Waals surface area (Å²) < 4.78 is 0. The normalized spacial score (nSPS) is 24.0. The molecule has 120 valence electrons. The van der Waals surface area contributed by atoms with Gasteiger partial charge in [-0.25, -0.2) is 0 Å². The Bertz CT molecular complexity index is 392. The second-order valence-corrected chi connectivity index (χ2v) is 6.51. The minimum Gasteiger partial charge on any atom is -0.481 e. The van der Waals surface area contributed by atoms with E-state index in [1.165, 1.54) is 0 Å². The third-order valence-electron chi connectivity index (χ3n) is 5.04. The Labute approximate surface area is 126 Å². The van der Waals surface area contributed by atoms with Crippen molar-refractivity contribution in [2.45, 2.75) is 37.6 Å². The number of hydrogen-bond acceptors (Lipinski definition) is 4. The number of amides is 1. The molecule has 21 heavy (non-hydrogen) atoms. The molecule has 0 radical (unpaired) electrons. The third-order valence-corrected chi connectivity index (χ3v) is 5.04. The van der Waals surface area contributed by atoms with Crippen LogP contribution in [0.3, 0.4) is 0 Å². The van der Waals surface area contributed by atoms with E-state index in [4.69, 9.17) is 5.11 Å². The van der Waals surface area contributed by atoms with Gasteiger partial charge in [0.15, 0.2) is 0 Å². The number of hydrogen-bond donors (Lipinski definition) is 1. The first-order valence-electron chi connectivity index (χ1n) is 7.82. The van der Waals surface area contributed by atoms with E-state index < -0.39 is 5.97 Å². The molecular formula is C15H27N3O3. The lowest BCUT2D eigenvalue weighted by molar-refractivity contribution is -0.141. The summed E-state index contributed by atoms with van der Waals surface area (Å²) >= 11 is 0. The van der Waals surface area contributed by atoms with Crippen molar-refractivity contribution in [3.63, 3.8) is 0 Å². The minimum absolute atomic E-state index is 0.00833. The Morgan fingerprint density at radius 3 is 2.33 bits per heavy atom. The molecule has 2 heterocycles. The Morgan fingerprint density at radius 1 is 1.05 bits per heavy atom. The average molecular weight is 297 g/mol. The Balaban J connectivity index is 2.03. The summed E-state index contributed by atoms with van der Waals surface area (Å²) in [6, 6.07) is 0. The SMILES string of the molecule is CN1CCC2(CC1)CN(C(=O)CCC(=O)O)CCCN2C. The second kappa shape index (κ2) is 6.75. The zero-order valence-electron chi connectivity index (χ0n) is 13.2. The Morgan fingerprint density at radius 2 is 1.71 bits per heavy atom. The molecule has 6 nitrogen and oxygen atoms in total. The Hall–Kier alpha value is -1.14. The molecule has 1 N–H and O–H groups in total. The predicted octanol–water partition coefficient (Wildman–Crippen LogP) is 0.480. The van der Waals surface area contributed by atoms with Crippen molar-refractivity contribution in [3.05, 3.63) is 0 Å². The van der Waals surface area contributed by atoms with Crippen LogP contribution in [0.15, 0.2) is 0 Å². The molecule has 2 saturated heterocycles. The topological polar surface area (TPSA) is 64.1 Å². The summed E-state index contributed by atoms with van der Waals surface area (Å²) in [4.78, 5) is 29.6. The lowest BCUT2D eigenvalue weighted by Gasteiger charge is -2.47. The lowest BCUT2D eigenvalue weighted by Crippen LogP contribution is -2.58. The van der Waals surface area contributed by atoms with Crippen LogP contribution in [0.25, 0.3) is 0 Å². The maximum Gasteiger partial charge on any atom is 0.303 e. The van der Waals surface area contributed by atoms with Crippen molar-refractivity contribution in [1.29, 1.82) is 0 Å². The van der Waals surface area contributed by atoms with E-state index in [0.29, 0.717) is 0 Å². The molecule has 2 fully saturated rings. The van der Waals surface area contributed by atoms with E-state index in [1.807, 2.05) is 4.90 Å². The number of carboxylic acids is 1. The number of carbonyl (C=O) groups is 2. The number of likely N-dealkylation sites (tertiary alicyclic amines) is 1. The molecule has 0 atom stereocenters. The number of carbonyl (C=O) groups excluding carboxylic acids is 1. The molecule has 0 aliphatic carbocycles. The minimum atomic E-state index is -0.899. The third kappa shape index (κ3) is 3.95. The van der Waals surface area contributed by atoms with Gasteiger partial charge >= 0.3 is 5.97 Å². The summed E-state index contributed by atoms with van der Waals surface area (Å²) in [5.74, 6) is -0.907. The summed E-state index contributed by atoms with van der Waals surface area (Å²) in [5, 5.41) is 8.75. The monoisotopic (exact) mass is 297 g/mol. The van der Waals surface area contributed by atoms with Crippen LogP contribution in [0, 0.1) is 0 Å². The van der Waals surface area contributed by atoms with Crippen LogP contribution in [0.1, 0.15) is 32.1 Å². The van der Waals surface area contributed by atoms with Crippen molar-refractivity contribution in [2.75, 3.05) is 46.8 Å². The zero-order valence-corrected chi connectivity index (χ0v) is 13.2. The van der Waals surface area contributed by atoms with Crippen LogP contribution in [0.4, 0.5) is 0 Å². The predicted molar refractivity (Wildman–Crippen MR) is 80.2 cm³/mol. The zero-order chi connectivity index (χ0) is 15.5. The summed E-state index contributed by atoms with van der Waals surface area (Å²) in [6.45, 7) is 4.62. The van der Waals surface area contributed by atoms with Gasteiger partial charge in [0.2, 0.25) is 5.91 Å². The van der Waals surface area contributed by atoms with E-state index in [2.05, 4.69) is 23.9 Å². The summed E-state index contributed by atoms with van der Waals surface area (Å²) in [5.41, 5.74) is 0.0713. The van der Waals surface area contributed by atoms with E-state index in [1.54, 1.807) is 0 Å². The first-order valence-corrected chi connectivity index (χ1v) is 7.82. The molecule has 1 amide bonds. The number of aliphatic carboxylic acids is 1. The fourth-order valence-corrected chi connectivity index (χ4v) is 3.45. The van der Waals surface area contributed by atoms with Crippen LogP contribution in [-0.4, -0.2) is 84.0 Å². The number of rotatable bonds is 3. The van der Waals surface area contributed by atoms with Crippen LogP contribution in [0.5, 0.6) is 0 Å². The van der Waals surface area contributed by atoms with Crippen molar-refractivity contribution in [1.82, 2.24) is 14.7 Å². The first-order chi connectivity index (χ1) is 9.93. The van der Waals surface area contributed by atoms with Gasteiger partial charge in [-0.2, -0.15) is 0 Å². The standard InChI is InChI=1S/C15H27N3O3/c1-16-10-6-15(7-11-16)12-18(9-3-8-17(15)2)13(19)4-5-14(20)21/h3-12H2,1-2H3,(H,20,21). The van der Waals surface area contributed by atoms with E-state index in [0.717, 1.165) is 52.0 Å². The van der Waals surface area contributed by atoms with Gasteiger partial charge in [-0.05, 0) is 46.4 Å². The van der Waals surface area contributed by atoms with Gasteiger partial charge < -0.3 is 14.9 Å². The molecule has 0 saturated carbocycles. The van der Waals surface area contributed by atoms with Gasteiger partial charge in [0.05, 0.1) is 6.42 Å². The molecule has 0 aromatic carbocycles. The van der Waals surface area contributed by atoms with Crippen molar-refractivity contribution < 1.29 is 14.7 Å². The average Bonchev–Trinajstić information content (AvgIpc) is 2.60. The highest BCUT2D eigenvalue weighted by atomic mass is 16.4. The van der Waals surface area contributed by atoms with Crippen LogP contribution >= 0.6 is 0 Å². The molecule has 0 aromatic heterocycles. The number of piperidine rings is 1. The maximum atomic E-state index is 12.3. The lowest BCUT2D eigenvalue weighted by atomic mass is 9.85. The fourth-order valence-electron chi connectivity index (χ4n) is 3.45. The molecule has 1 spiro atoms. The quantitative estimate of drug-likeness (QED) is 0.821. The van der Waals surface area contributed by atoms with Crippen LogP contribution in [0.2, 0.25) is 0 Å². The van der Waals surface area contributed by atoms with Crippen molar-refractivity contribution in [3.8, 4) is 0 Å². The van der Waals surface area contributed by atoms with Gasteiger partial charge in [-0.1, -0.05) is 0 Å². The highest BCUT2D eigenvalue weighted by Crippen LogP contribution is 2.31. The molecule has 2 rings (SSSR count). The molecule has 0 unspecified atom stereocenters. The van der Waals surface area contributed by atoms with Crippen molar-refractivity contribution in [2.24, 2.45) is 0 Å². The highest BCUT2D eigenvalue weighted by Gasteiger charge is 2.41. The number of nitrogens with zero attached hydrogens (tertiary/aromatic N) is 3. The molecule has 0 aromatic rings. The van der Waals surface area contributed by atoms with Gasteiger partial charge in [0.1, 0.15) is 0 Å². The molecular weight excluding hydrogens is 270 g/mol. The Kier molecular flexibility index (Phi) is 5.22. The number of carboxylic acid groups (broad SMARTS) is 1. The van der Waals surface area contributed by atoms with Gasteiger partial charge in [0, 0.05) is 31.6 Å². The van der Waals surface area contributed by atoms with Gasteiger partial charge in [0.25, 0.3) is 0 Å². The summed E-state index contributed by atoms with van der Waals surface area (Å²) in [7, 11) is 4.30. The molecule has 2 aliphatic rings. The van der Waals surface area contributed by atoms with E-state index in [-0.39, 0.29) is 24.3 Å². The van der Waals surface area contributed by atoms with Crippen LogP contribution in [-0.2, 0) is 9.59 Å². The molecule has 2 aliphatic heterocycles. The van der Waals surface area contributed by atoms with Gasteiger partial charge in [-0.3, -0.25) is 14.5 Å². The largest absolute Gasteiger partial charge is 0.481 e. The fraction of sp³-hybridized carbons (Fsp3) is 0.867. The number of likely N-dealkylation sites (N-methyl/N-ethyl adjacent to an activating group) is 1. The van der Waals surface area contributed by atoms with Gasteiger partial charge in [-0.15, -0.1) is 0 Å². The highest BCUT2D eigenvalue weighted by molar-refractivity contribution is 5.80. The first kappa shape index (κ1) is 16.2. The summed E-state index contributed by atoms with van der Waals surface area (Å²) in [6.07, 6.45) is 3.16. The molecule has 0 bridgehead atoms. The van der Waals surface area contributed by atoms with Crippen LogP contribution < -0.4 is 0 Å². The maximum absolute atomic E-state index is 12.3. The van der Waals surface area contributed by atoms with E-state index >= 15 is 0 Å². The molecule has 6 heteroatoms. The van der Waals surface area contributed by atoms with E-state index in [9.17, 15) is 9.59 Å². The van der Waals surface area contributed by atoms with Crippen molar-refractivity contribution >= 4 is 11.9 Å². The smallest absolute Gasteiger partial charge is 0.303 e. The second-order valence-electron chi connectivity index (χ2n) is 6.51.